The highest BCUT2D eigenvalue weighted by Crippen LogP contribution is 2.29. The largest absolute Gasteiger partial charge is 0.306 e. The topological polar surface area (TPSA) is 80.5 Å². The molecule has 2 aromatic carbocycles. The van der Waals surface area contributed by atoms with E-state index in [2.05, 4.69) is 10.3 Å². The number of fused-ring (bicyclic) bond motifs is 1. The Labute approximate surface area is 168 Å². The molecule has 0 saturated carbocycles. The number of benzene rings is 2. The number of aromatic nitrogens is 2. The summed E-state index contributed by atoms with van der Waals surface area (Å²) in [4.78, 5) is 17.7. The fourth-order valence-corrected chi connectivity index (χ4v) is 3.78. The van der Waals surface area contributed by atoms with Gasteiger partial charge in [0.15, 0.2) is 9.84 Å². The van der Waals surface area contributed by atoms with Gasteiger partial charge in [0.1, 0.15) is 17.2 Å². The Morgan fingerprint density at radius 3 is 2.48 bits per heavy atom. The molecule has 1 amide bonds. The Balaban J connectivity index is 1.81. The van der Waals surface area contributed by atoms with Crippen molar-refractivity contribution in [3.05, 3.63) is 84.1 Å². The van der Waals surface area contributed by atoms with E-state index in [0.717, 1.165) is 17.4 Å². The van der Waals surface area contributed by atoms with E-state index in [4.69, 9.17) is 0 Å². The fourth-order valence-electron chi connectivity index (χ4n) is 3.12. The Morgan fingerprint density at radius 1 is 1.00 bits per heavy atom. The summed E-state index contributed by atoms with van der Waals surface area (Å²) in [6.45, 7) is 1.96. The van der Waals surface area contributed by atoms with Gasteiger partial charge in [0.25, 0.3) is 5.91 Å². The maximum Gasteiger partial charge on any atom is 0.256 e. The van der Waals surface area contributed by atoms with Gasteiger partial charge >= 0.3 is 0 Å². The smallest absolute Gasteiger partial charge is 0.256 e. The van der Waals surface area contributed by atoms with Gasteiger partial charge in [0.05, 0.1) is 4.90 Å². The van der Waals surface area contributed by atoms with E-state index in [0.29, 0.717) is 17.2 Å². The first kappa shape index (κ1) is 18.9. The molecule has 6 nitrogen and oxygen atoms in total. The van der Waals surface area contributed by atoms with Crippen molar-refractivity contribution in [3.63, 3.8) is 0 Å². The molecular formula is C22H19N3O3S. The lowest BCUT2D eigenvalue weighted by Crippen LogP contribution is -2.14. The van der Waals surface area contributed by atoms with Crippen LogP contribution in [0.1, 0.15) is 15.9 Å². The highest BCUT2D eigenvalue weighted by atomic mass is 32.2. The van der Waals surface area contributed by atoms with Crippen molar-refractivity contribution in [2.75, 3.05) is 11.6 Å². The van der Waals surface area contributed by atoms with Gasteiger partial charge in [0.2, 0.25) is 0 Å². The Bertz CT molecular complexity index is 1330. The lowest BCUT2D eigenvalue weighted by molar-refractivity contribution is 0.102. The first-order valence-electron chi connectivity index (χ1n) is 8.98. The maximum atomic E-state index is 13.0. The van der Waals surface area contributed by atoms with Crippen molar-refractivity contribution >= 4 is 27.2 Å². The van der Waals surface area contributed by atoms with Gasteiger partial charge in [-0.15, -0.1) is 0 Å². The van der Waals surface area contributed by atoms with E-state index in [1.54, 1.807) is 12.1 Å². The fraction of sp³-hybridized carbons (Fsp3) is 0.0909. The molecule has 4 aromatic rings. The van der Waals surface area contributed by atoms with Gasteiger partial charge < -0.3 is 5.32 Å². The van der Waals surface area contributed by atoms with Crippen LogP contribution in [0.2, 0.25) is 0 Å². The van der Waals surface area contributed by atoms with Crippen molar-refractivity contribution in [1.82, 2.24) is 9.38 Å². The Hall–Kier alpha value is -3.45. The summed E-state index contributed by atoms with van der Waals surface area (Å²) in [5.41, 5.74) is 3.49. The molecule has 0 radical (unpaired) electrons. The van der Waals surface area contributed by atoms with E-state index in [9.17, 15) is 13.2 Å². The summed E-state index contributed by atoms with van der Waals surface area (Å²) in [5, 5.41) is 2.92. The van der Waals surface area contributed by atoms with E-state index in [-0.39, 0.29) is 10.5 Å². The number of pyridine rings is 1. The first-order chi connectivity index (χ1) is 13.8. The molecule has 0 saturated heterocycles. The Kier molecular flexibility index (Phi) is 4.68. The van der Waals surface area contributed by atoms with Gasteiger partial charge in [0, 0.05) is 23.6 Å². The van der Waals surface area contributed by atoms with Crippen LogP contribution >= 0.6 is 0 Å². The van der Waals surface area contributed by atoms with E-state index in [1.165, 1.54) is 12.1 Å². The zero-order valence-electron chi connectivity index (χ0n) is 16.0. The predicted molar refractivity (Wildman–Crippen MR) is 113 cm³/mol. The summed E-state index contributed by atoms with van der Waals surface area (Å²) in [7, 11) is -3.41. The SMILES string of the molecule is Cc1ccc2nc(-c3ccccc3)c(NC(=O)c3cccc(S(C)(=O)=O)c3)n2c1. The summed E-state index contributed by atoms with van der Waals surface area (Å²) in [6, 6.07) is 19.4. The van der Waals surface area contributed by atoms with Crippen LogP contribution in [0.15, 0.2) is 77.8 Å². The molecule has 7 heteroatoms. The highest BCUT2D eigenvalue weighted by molar-refractivity contribution is 7.90. The zero-order chi connectivity index (χ0) is 20.6. The minimum atomic E-state index is -3.41. The number of rotatable bonds is 4. The van der Waals surface area contributed by atoms with Crippen molar-refractivity contribution in [1.29, 1.82) is 0 Å². The number of anilines is 1. The summed E-state index contributed by atoms with van der Waals surface area (Å²) < 4.78 is 25.5. The van der Waals surface area contributed by atoms with Crippen LogP contribution in [0.3, 0.4) is 0 Å². The molecule has 0 aliphatic rings. The third-order valence-electron chi connectivity index (χ3n) is 4.57. The van der Waals surface area contributed by atoms with Gasteiger partial charge in [-0.05, 0) is 36.8 Å². The molecule has 146 valence electrons. The summed E-state index contributed by atoms with van der Waals surface area (Å²) >= 11 is 0. The monoisotopic (exact) mass is 405 g/mol. The normalized spacial score (nSPS) is 11.5. The van der Waals surface area contributed by atoms with Crippen LogP contribution in [-0.2, 0) is 9.84 Å². The quantitative estimate of drug-likeness (QED) is 0.557. The molecule has 0 unspecified atom stereocenters. The number of nitrogens with zero attached hydrogens (tertiary/aromatic N) is 2. The average Bonchev–Trinajstić information content (AvgIpc) is 3.06. The second-order valence-corrected chi connectivity index (χ2v) is 8.88. The second kappa shape index (κ2) is 7.18. The molecule has 0 fully saturated rings. The number of nitrogens with one attached hydrogen (secondary N) is 1. The number of amides is 1. The van der Waals surface area contributed by atoms with Crippen LogP contribution in [-0.4, -0.2) is 30.0 Å². The van der Waals surface area contributed by atoms with E-state index in [1.807, 2.05) is 60.0 Å². The molecule has 2 heterocycles. The standard InChI is InChI=1S/C22H19N3O3S/c1-15-11-12-19-23-20(16-7-4-3-5-8-16)21(25(19)14-15)24-22(26)17-9-6-10-18(13-17)29(2,27)28/h3-14H,1-2H3,(H,24,26). The molecule has 0 aliphatic carbocycles. The van der Waals surface area contributed by atoms with Crippen molar-refractivity contribution in [2.24, 2.45) is 0 Å². The number of hydrogen-bond acceptors (Lipinski definition) is 4. The summed E-state index contributed by atoms with van der Waals surface area (Å²) in [5.74, 6) is 0.126. The maximum absolute atomic E-state index is 13.0. The van der Waals surface area contributed by atoms with Crippen molar-refractivity contribution < 1.29 is 13.2 Å². The lowest BCUT2D eigenvalue weighted by Gasteiger charge is -2.09. The van der Waals surface area contributed by atoms with Crippen LogP contribution < -0.4 is 5.32 Å². The van der Waals surface area contributed by atoms with E-state index >= 15 is 0 Å². The average molecular weight is 405 g/mol. The first-order valence-corrected chi connectivity index (χ1v) is 10.9. The zero-order valence-corrected chi connectivity index (χ0v) is 16.8. The lowest BCUT2D eigenvalue weighted by atomic mass is 10.1. The van der Waals surface area contributed by atoms with E-state index < -0.39 is 15.7 Å². The van der Waals surface area contributed by atoms with Crippen LogP contribution in [0.25, 0.3) is 16.9 Å². The third kappa shape index (κ3) is 3.77. The molecule has 1 N–H and O–H groups in total. The molecule has 0 bridgehead atoms. The van der Waals surface area contributed by atoms with Crippen LogP contribution in [0, 0.1) is 6.92 Å². The number of hydrogen-bond donors (Lipinski definition) is 1. The molecule has 0 aliphatic heterocycles. The molecule has 4 rings (SSSR count). The minimum absolute atomic E-state index is 0.0995. The second-order valence-electron chi connectivity index (χ2n) is 6.86. The molecule has 0 atom stereocenters. The Morgan fingerprint density at radius 2 is 1.76 bits per heavy atom. The number of imidazole rings is 1. The van der Waals surface area contributed by atoms with Gasteiger partial charge in [-0.2, -0.15) is 0 Å². The van der Waals surface area contributed by atoms with Gasteiger partial charge in [-0.1, -0.05) is 42.5 Å². The number of carbonyl (C=O) groups excluding carboxylic acids is 1. The van der Waals surface area contributed by atoms with Crippen LogP contribution in [0.5, 0.6) is 0 Å². The number of sulfone groups is 1. The summed E-state index contributed by atoms with van der Waals surface area (Å²) in [6.07, 6.45) is 3.02. The number of carbonyl (C=O) groups is 1. The van der Waals surface area contributed by atoms with Gasteiger partial charge in [-0.25, -0.2) is 13.4 Å². The predicted octanol–water partition coefficient (Wildman–Crippen LogP) is 3.97. The van der Waals surface area contributed by atoms with Crippen molar-refractivity contribution in [3.8, 4) is 11.3 Å². The molecule has 2 aromatic heterocycles. The van der Waals surface area contributed by atoms with Gasteiger partial charge in [-0.3, -0.25) is 9.20 Å². The number of aryl methyl sites for hydroxylation is 1. The van der Waals surface area contributed by atoms with Crippen LogP contribution in [0.4, 0.5) is 5.82 Å². The highest BCUT2D eigenvalue weighted by Gasteiger charge is 2.18. The molecule has 29 heavy (non-hydrogen) atoms. The van der Waals surface area contributed by atoms with Crippen molar-refractivity contribution in [2.45, 2.75) is 11.8 Å². The molecule has 0 spiro atoms. The third-order valence-corrected chi connectivity index (χ3v) is 5.68. The molecular weight excluding hydrogens is 386 g/mol. The minimum Gasteiger partial charge on any atom is -0.306 e.